The lowest BCUT2D eigenvalue weighted by Gasteiger charge is -2.20. The molecule has 3 unspecified atom stereocenters. The molecule has 3 atom stereocenters. The Labute approximate surface area is 320 Å². The maximum atomic E-state index is 12.5. The Morgan fingerprint density at radius 2 is 0.865 bits per heavy atom. The molecule has 0 rings (SSSR count). The third kappa shape index (κ3) is 39.2. The van der Waals surface area contributed by atoms with Crippen LogP contribution in [0.1, 0.15) is 219 Å². The van der Waals surface area contributed by atoms with Gasteiger partial charge in [0.25, 0.3) is 0 Å². The van der Waals surface area contributed by atoms with Gasteiger partial charge in [0.05, 0.1) is 26.4 Å². The van der Waals surface area contributed by atoms with Crippen LogP contribution >= 0.6 is 7.82 Å². The second-order valence-electron chi connectivity index (χ2n) is 15.1. The van der Waals surface area contributed by atoms with Crippen molar-refractivity contribution < 1.29 is 43.0 Å². The molecule has 0 amide bonds. The van der Waals surface area contributed by atoms with Crippen LogP contribution in [-0.4, -0.2) is 66.3 Å². The van der Waals surface area contributed by atoms with E-state index in [1.54, 1.807) is 0 Å². The van der Waals surface area contributed by atoms with E-state index in [4.69, 9.17) is 23.6 Å². The minimum atomic E-state index is -4.50. The minimum Gasteiger partial charge on any atom is -0.457 e. The lowest BCUT2D eigenvalue weighted by molar-refractivity contribution is -0.154. The molecule has 3 N–H and O–H groups in total. The Morgan fingerprint density at radius 3 is 1.25 bits per heavy atom. The second kappa shape index (κ2) is 40.1. The summed E-state index contributed by atoms with van der Waals surface area (Å²) in [5.74, 6) is -0.382. The van der Waals surface area contributed by atoms with E-state index < -0.39 is 33.2 Å². The number of unbranched alkanes of at least 4 members (excludes halogenated alkanes) is 29. The number of rotatable bonds is 43. The predicted octanol–water partition coefficient (Wildman–Crippen LogP) is 11.9. The maximum Gasteiger partial charge on any atom is 0.472 e. The van der Waals surface area contributed by atoms with Crippen LogP contribution in [0.25, 0.3) is 0 Å². The third-order valence-corrected chi connectivity index (χ3v) is 10.7. The second-order valence-corrected chi connectivity index (χ2v) is 16.5. The quantitative estimate of drug-likeness (QED) is 0.0315. The highest BCUT2D eigenvalue weighted by Gasteiger charge is 2.26. The van der Waals surface area contributed by atoms with E-state index in [0.717, 1.165) is 32.1 Å². The first-order valence-electron chi connectivity index (χ1n) is 22.0. The molecule has 0 aliphatic carbocycles. The fourth-order valence-corrected chi connectivity index (χ4v) is 7.21. The molecule has 0 saturated heterocycles. The van der Waals surface area contributed by atoms with Crippen LogP contribution in [0.15, 0.2) is 0 Å². The lowest BCUT2D eigenvalue weighted by Crippen LogP contribution is -2.29. The first-order valence-corrected chi connectivity index (χ1v) is 23.5. The Morgan fingerprint density at radius 1 is 0.519 bits per heavy atom. The van der Waals surface area contributed by atoms with Crippen molar-refractivity contribution in [3.8, 4) is 0 Å². The Balaban J connectivity index is 3.91. The topological polar surface area (TPSA) is 132 Å². The average Bonchev–Trinajstić information content (AvgIpc) is 3.13. The van der Waals surface area contributed by atoms with Gasteiger partial charge in [0, 0.05) is 13.0 Å². The van der Waals surface area contributed by atoms with Crippen molar-refractivity contribution in [2.45, 2.75) is 232 Å². The fraction of sp³-hybridized carbons (Fsp3) is 0.976. The molecule has 0 radical (unpaired) electrons. The molecule has 0 aliphatic rings. The molecule has 0 aromatic heterocycles. The van der Waals surface area contributed by atoms with E-state index >= 15 is 0 Å². The molecule has 0 bridgehead atoms. The summed E-state index contributed by atoms with van der Waals surface area (Å²) in [6.45, 7) is 3.53. The first-order chi connectivity index (χ1) is 25.3. The highest BCUT2D eigenvalue weighted by Crippen LogP contribution is 2.43. The van der Waals surface area contributed by atoms with Gasteiger partial charge in [-0.1, -0.05) is 200 Å². The Bertz CT molecular complexity index is 785. The number of aliphatic hydroxyl groups excluding tert-OH is 2. The van der Waals surface area contributed by atoms with Gasteiger partial charge < -0.3 is 24.6 Å². The summed E-state index contributed by atoms with van der Waals surface area (Å²) in [4.78, 5) is 22.4. The number of aliphatic hydroxyl groups is 2. The van der Waals surface area contributed by atoms with Gasteiger partial charge in [0.2, 0.25) is 0 Å². The van der Waals surface area contributed by atoms with Crippen molar-refractivity contribution in [3.63, 3.8) is 0 Å². The molecule has 0 heterocycles. The monoisotopic (exact) mass is 765 g/mol. The normalized spacial score (nSPS) is 14.0. The number of phosphoric ester groups is 1. The van der Waals surface area contributed by atoms with E-state index in [9.17, 15) is 19.4 Å². The molecule has 0 spiro atoms. The molecule has 0 aliphatic heterocycles. The summed E-state index contributed by atoms with van der Waals surface area (Å²) < 4.78 is 33.2. The molecule has 0 saturated carbocycles. The highest BCUT2D eigenvalue weighted by atomic mass is 31.2. The number of hydrogen-bond acceptors (Lipinski definition) is 8. The van der Waals surface area contributed by atoms with Crippen LogP contribution in [0.2, 0.25) is 0 Å². The zero-order valence-corrected chi connectivity index (χ0v) is 35.0. The zero-order valence-electron chi connectivity index (χ0n) is 34.1. The van der Waals surface area contributed by atoms with Gasteiger partial charge in [0.15, 0.2) is 0 Å². The van der Waals surface area contributed by atoms with Gasteiger partial charge in [-0.3, -0.25) is 13.8 Å². The smallest absolute Gasteiger partial charge is 0.457 e. The third-order valence-electron chi connectivity index (χ3n) is 9.79. The fourth-order valence-electron chi connectivity index (χ4n) is 6.42. The predicted molar refractivity (Wildman–Crippen MR) is 215 cm³/mol. The van der Waals surface area contributed by atoms with Crippen molar-refractivity contribution in [1.82, 2.24) is 0 Å². The molecule has 0 fully saturated rings. The van der Waals surface area contributed by atoms with Gasteiger partial charge in [-0.15, -0.1) is 0 Å². The van der Waals surface area contributed by atoms with E-state index in [2.05, 4.69) is 13.8 Å². The van der Waals surface area contributed by atoms with E-state index in [-0.39, 0.29) is 25.6 Å². The Hall–Kier alpha value is -0.540. The summed E-state index contributed by atoms with van der Waals surface area (Å²) in [7, 11) is -4.50. The van der Waals surface area contributed by atoms with E-state index in [1.165, 1.54) is 167 Å². The number of hydrogen-bond donors (Lipinski definition) is 3. The Kier molecular flexibility index (Phi) is 39.7. The van der Waals surface area contributed by atoms with Gasteiger partial charge in [-0.05, 0) is 12.8 Å². The summed E-state index contributed by atoms with van der Waals surface area (Å²) >= 11 is 0. The molecular weight excluding hydrogens is 679 g/mol. The van der Waals surface area contributed by atoms with Crippen LogP contribution < -0.4 is 0 Å². The summed E-state index contributed by atoms with van der Waals surface area (Å²) in [6, 6.07) is 0. The zero-order chi connectivity index (χ0) is 38.2. The van der Waals surface area contributed by atoms with E-state index in [1.807, 2.05) is 0 Å². The maximum absolute atomic E-state index is 12.5. The van der Waals surface area contributed by atoms with Gasteiger partial charge in [0.1, 0.15) is 12.2 Å². The number of carbonyl (C=O) groups is 1. The molecular formula is C42H85O9P. The minimum absolute atomic E-state index is 0.0573. The van der Waals surface area contributed by atoms with Gasteiger partial charge in [-0.2, -0.15) is 0 Å². The van der Waals surface area contributed by atoms with Crippen LogP contribution in [0.3, 0.4) is 0 Å². The van der Waals surface area contributed by atoms with Crippen molar-refractivity contribution in [1.29, 1.82) is 0 Å². The molecule has 312 valence electrons. The summed E-state index contributed by atoms with van der Waals surface area (Å²) in [5, 5.41) is 18.3. The van der Waals surface area contributed by atoms with Crippen molar-refractivity contribution in [3.05, 3.63) is 0 Å². The van der Waals surface area contributed by atoms with Crippen molar-refractivity contribution >= 4 is 13.8 Å². The van der Waals surface area contributed by atoms with Crippen molar-refractivity contribution in [2.75, 3.05) is 33.0 Å². The molecule has 10 heteroatoms. The lowest BCUT2D eigenvalue weighted by atomic mass is 10.0. The van der Waals surface area contributed by atoms with Crippen LogP contribution in [0.5, 0.6) is 0 Å². The standard InChI is InChI=1S/C42H85O9P/c1-3-5-7-9-11-13-14-15-16-17-18-19-20-21-22-23-24-25-26-27-29-31-33-35-48-38-41(39-50-52(46,47)49-37-40(44)36-43)51-42(45)34-32-30-28-12-10-8-6-4-2/h40-41,43-44H,3-39H2,1-2H3,(H,46,47). The van der Waals surface area contributed by atoms with Crippen LogP contribution in [0, 0.1) is 0 Å². The highest BCUT2D eigenvalue weighted by molar-refractivity contribution is 7.47. The number of phosphoric acid groups is 1. The average molecular weight is 765 g/mol. The first kappa shape index (κ1) is 51.5. The van der Waals surface area contributed by atoms with Gasteiger partial charge >= 0.3 is 13.8 Å². The molecule has 9 nitrogen and oxygen atoms in total. The number of ether oxygens (including phenoxy) is 2. The number of carbonyl (C=O) groups excluding carboxylic acids is 1. The van der Waals surface area contributed by atoms with Crippen molar-refractivity contribution in [2.24, 2.45) is 0 Å². The van der Waals surface area contributed by atoms with Gasteiger partial charge in [-0.25, -0.2) is 4.57 Å². The van der Waals surface area contributed by atoms with E-state index in [0.29, 0.717) is 6.61 Å². The molecule has 0 aromatic rings. The van der Waals surface area contributed by atoms with Crippen LogP contribution in [-0.2, 0) is 27.9 Å². The SMILES string of the molecule is CCCCCCCCCCCCCCCCCCCCCCCCCOCC(COP(=O)(O)OCC(O)CO)OC(=O)CCCCCCCCCC. The molecule has 52 heavy (non-hydrogen) atoms. The largest absolute Gasteiger partial charge is 0.472 e. The summed E-state index contributed by atoms with van der Waals surface area (Å²) in [6.07, 6.45) is 38.0. The summed E-state index contributed by atoms with van der Waals surface area (Å²) in [5.41, 5.74) is 0. The van der Waals surface area contributed by atoms with Crippen LogP contribution in [0.4, 0.5) is 0 Å². The number of esters is 1. The molecule has 0 aromatic carbocycles.